The number of carbonyl (C=O) groups is 2. The number of allylic oxidation sites excluding steroid dienone is 3. The molecular formula is C29H27F3N2O5. The second-order valence-corrected chi connectivity index (χ2v) is 8.96. The third kappa shape index (κ3) is 6.39. The number of ether oxygens (including phenoxy) is 1. The predicted octanol–water partition coefficient (Wildman–Crippen LogP) is 5.93. The molecule has 7 nitrogen and oxygen atoms in total. The molecule has 4 rings (SSSR count). The summed E-state index contributed by atoms with van der Waals surface area (Å²) in [5, 5.41) is 9.93. The van der Waals surface area contributed by atoms with Crippen molar-refractivity contribution in [2.75, 3.05) is 13.2 Å². The second-order valence-electron chi connectivity index (χ2n) is 8.96. The van der Waals surface area contributed by atoms with Crippen molar-refractivity contribution >= 4 is 11.9 Å². The van der Waals surface area contributed by atoms with Crippen LogP contribution in [0.1, 0.15) is 41.1 Å². The monoisotopic (exact) mass is 540 g/mol. The van der Waals surface area contributed by atoms with Crippen LogP contribution < -0.4 is 4.74 Å². The molecule has 0 aliphatic carbocycles. The molecule has 0 saturated heterocycles. The van der Waals surface area contributed by atoms with E-state index in [2.05, 4.69) is 4.98 Å². The molecule has 0 fully saturated rings. The van der Waals surface area contributed by atoms with Crippen LogP contribution in [0.2, 0.25) is 0 Å². The van der Waals surface area contributed by atoms with Gasteiger partial charge in [-0.1, -0.05) is 24.3 Å². The summed E-state index contributed by atoms with van der Waals surface area (Å²) in [6.45, 7) is 4.01. The Bertz CT molecular complexity index is 1410. The van der Waals surface area contributed by atoms with E-state index < -0.39 is 23.8 Å². The van der Waals surface area contributed by atoms with Crippen LogP contribution in [-0.2, 0) is 28.6 Å². The molecule has 10 heteroatoms. The Hall–Kier alpha value is -4.34. The molecule has 1 aromatic heterocycles. The minimum atomic E-state index is -4.42. The first-order valence-corrected chi connectivity index (χ1v) is 12.3. The van der Waals surface area contributed by atoms with Crippen molar-refractivity contribution in [2.24, 2.45) is 0 Å². The number of halogens is 3. The number of carboxylic acid groups (broad SMARTS) is 1. The Morgan fingerprint density at radius 2 is 1.92 bits per heavy atom. The fourth-order valence-electron chi connectivity index (χ4n) is 4.38. The third-order valence-electron chi connectivity index (χ3n) is 6.36. The molecule has 2 aromatic carbocycles. The lowest BCUT2D eigenvalue weighted by Crippen LogP contribution is -2.42. The van der Waals surface area contributed by atoms with Crippen LogP contribution in [0.4, 0.5) is 13.2 Å². The minimum absolute atomic E-state index is 0.199. The lowest BCUT2D eigenvalue weighted by atomic mass is 9.92. The van der Waals surface area contributed by atoms with E-state index in [0.717, 1.165) is 17.7 Å². The highest BCUT2D eigenvalue weighted by atomic mass is 19.4. The van der Waals surface area contributed by atoms with E-state index >= 15 is 0 Å². The number of carboxylic acids is 1. The topological polar surface area (TPSA) is 92.9 Å². The molecule has 1 atom stereocenters. The van der Waals surface area contributed by atoms with Gasteiger partial charge in [-0.05, 0) is 67.8 Å². The first kappa shape index (κ1) is 27.7. The van der Waals surface area contributed by atoms with Gasteiger partial charge in [0.05, 0.1) is 17.9 Å². The van der Waals surface area contributed by atoms with Crippen molar-refractivity contribution in [3.8, 4) is 17.2 Å². The smallest absolute Gasteiger partial charge is 0.416 e. The van der Waals surface area contributed by atoms with Crippen LogP contribution in [0, 0.1) is 6.92 Å². The molecule has 39 heavy (non-hydrogen) atoms. The zero-order valence-corrected chi connectivity index (χ0v) is 21.4. The Balaban J connectivity index is 1.44. The highest BCUT2D eigenvalue weighted by Gasteiger charge is 2.35. The van der Waals surface area contributed by atoms with Crippen LogP contribution in [0.3, 0.4) is 0 Å². The van der Waals surface area contributed by atoms with Gasteiger partial charge in [-0.3, -0.25) is 4.79 Å². The number of hydrogen-bond donors (Lipinski definition) is 1. The fraction of sp³-hybridized carbons (Fsp3) is 0.276. The Kier molecular flexibility index (Phi) is 8.23. The number of alkyl halides is 3. The van der Waals surface area contributed by atoms with E-state index in [-0.39, 0.29) is 24.9 Å². The van der Waals surface area contributed by atoms with Crippen molar-refractivity contribution in [1.82, 2.24) is 9.88 Å². The molecule has 0 saturated carbocycles. The first-order chi connectivity index (χ1) is 18.6. The quantitative estimate of drug-likeness (QED) is 0.281. The molecule has 1 aliphatic heterocycles. The van der Waals surface area contributed by atoms with Crippen LogP contribution >= 0.6 is 0 Å². The number of aliphatic carboxylic acids is 1. The zero-order valence-electron chi connectivity index (χ0n) is 21.4. The largest absolute Gasteiger partial charge is 0.493 e. The van der Waals surface area contributed by atoms with E-state index in [4.69, 9.17) is 9.15 Å². The molecule has 0 radical (unpaired) electrons. The lowest BCUT2D eigenvalue weighted by Gasteiger charge is -2.34. The van der Waals surface area contributed by atoms with Gasteiger partial charge in [0.1, 0.15) is 11.5 Å². The summed E-state index contributed by atoms with van der Waals surface area (Å²) >= 11 is 0. The van der Waals surface area contributed by atoms with Gasteiger partial charge in [-0.25, -0.2) is 9.78 Å². The van der Waals surface area contributed by atoms with Crippen molar-refractivity contribution in [3.63, 3.8) is 0 Å². The van der Waals surface area contributed by atoms with Gasteiger partial charge < -0.3 is 19.2 Å². The molecule has 3 aromatic rings. The lowest BCUT2D eigenvalue weighted by molar-refractivity contribution is -0.149. The predicted molar refractivity (Wildman–Crippen MR) is 137 cm³/mol. The number of hydrogen-bond acceptors (Lipinski definition) is 5. The number of carbonyl (C=O) groups excluding carboxylic acids is 1. The molecule has 1 N–H and O–H groups in total. The number of oxazole rings is 1. The van der Waals surface area contributed by atoms with Gasteiger partial charge in [0.25, 0.3) is 0 Å². The van der Waals surface area contributed by atoms with Crippen LogP contribution in [0.15, 0.2) is 71.2 Å². The molecule has 1 amide bonds. The summed E-state index contributed by atoms with van der Waals surface area (Å²) in [7, 11) is 0. The Labute approximate surface area is 223 Å². The van der Waals surface area contributed by atoms with Gasteiger partial charge in [-0.15, -0.1) is 0 Å². The normalized spacial score (nSPS) is 15.6. The number of amides is 1. The molecule has 2 heterocycles. The van der Waals surface area contributed by atoms with E-state index in [1.165, 1.54) is 23.1 Å². The van der Waals surface area contributed by atoms with Crippen molar-refractivity contribution in [1.29, 1.82) is 0 Å². The molecule has 0 spiro atoms. The van der Waals surface area contributed by atoms with E-state index in [1.54, 1.807) is 37.3 Å². The number of nitrogens with zero attached hydrogens (tertiary/aromatic N) is 2. The summed E-state index contributed by atoms with van der Waals surface area (Å²) in [6, 6.07) is 8.65. The minimum Gasteiger partial charge on any atom is -0.493 e. The summed E-state index contributed by atoms with van der Waals surface area (Å²) in [5.74, 6) is -0.340. The van der Waals surface area contributed by atoms with Gasteiger partial charge in [0.2, 0.25) is 11.8 Å². The maximum absolute atomic E-state index is 12.8. The maximum atomic E-state index is 12.8. The molecule has 0 bridgehead atoms. The highest BCUT2D eigenvalue weighted by molar-refractivity contribution is 5.92. The number of rotatable bonds is 8. The molecule has 1 unspecified atom stereocenters. The molecule has 1 aliphatic rings. The Morgan fingerprint density at radius 3 is 2.59 bits per heavy atom. The summed E-state index contributed by atoms with van der Waals surface area (Å²) in [5.41, 5.74) is 1.60. The van der Waals surface area contributed by atoms with Crippen molar-refractivity contribution < 1.29 is 37.0 Å². The first-order valence-electron chi connectivity index (χ1n) is 12.3. The summed E-state index contributed by atoms with van der Waals surface area (Å²) < 4.78 is 50.0. The summed E-state index contributed by atoms with van der Waals surface area (Å²) in [4.78, 5) is 30.5. The van der Waals surface area contributed by atoms with Gasteiger partial charge in [0, 0.05) is 24.6 Å². The molecule has 204 valence electrons. The van der Waals surface area contributed by atoms with Crippen LogP contribution in [0.25, 0.3) is 11.5 Å². The maximum Gasteiger partial charge on any atom is 0.416 e. The standard InChI is InChI=1S/C29H27F3N2O5/c1-3-4-5-6-25(35)34-15-13-19-9-12-22(17-23(19)26(34)28(36)37)38-16-14-24-18(2)39-27(33-24)20-7-10-21(11-8-20)29(30,31)32/h3-12,17,26H,13-16H2,1-2H3,(H,36,37). The number of aromatic nitrogens is 1. The summed E-state index contributed by atoms with van der Waals surface area (Å²) in [6.07, 6.45) is 2.84. The van der Waals surface area contributed by atoms with E-state index in [9.17, 15) is 27.9 Å². The van der Waals surface area contributed by atoms with Gasteiger partial charge in [0.15, 0.2) is 6.04 Å². The average molecular weight is 541 g/mol. The molecular weight excluding hydrogens is 513 g/mol. The SMILES string of the molecule is CC=CC=CC(=O)N1CCc2ccc(OCCc3nc(-c4ccc(C(F)(F)F)cc4)oc3C)cc2C1C(=O)O. The number of fused-ring (bicyclic) bond motifs is 1. The van der Waals surface area contributed by atoms with E-state index in [0.29, 0.717) is 41.2 Å². The fourth-order valence-corrected chi connectivity index (χ4v) is 4.38. The Morgan fingerprint density at radius 1 is 1.18 bits per heavy atom. The van der Waals surface area contributed by atoms with Crippen LogP contribution in [0.5, 0.6) is 5.75 Å². The second kappa shape index (κ2) is 11.6. The zero-order chi connectivity index (χ0) is 28.2. The number of aryl methyl sites for hydroxylation is 1. The number of benzene rings is 2. The highest BCUT2D eigenvalue weighted by Crippen LogP contribution is 2.34. The average Bonchev–Trinajstić information content (AvgIpc) is 3.27. The van der Waals surface area contributed by atoms with Crippen molar-refractivity contribution in [3.05, 3.63) is 94.9 Å². The van der Waals surface area contributed by atoms with Gasteiger partial charge >= 0.3 is 12.1 Å². The van der Waals surface area contributed by atoms with Crippen molar-refractivity contribution in [2.45, 2.75) is 38.9 Å². The van der Waals surface area contributed by atoms with Gasteiger partial charge in [-0.2, -0.15) is 13.2 Å². The third-order valence-corrected chi connectivity index (χ3v) is 6.36. The van der Waals surface area contributed by atoms with E-state index in [1.807, 2.05) is 13.0 Å². The van der Waals surface area contributed by atoms with Crippen LogP contribution in [-0.4, -0.2) is 40.0 Å².